The molecule has 0 fully saturated rings. The van der Waals surface area contributed by atoms with Gasteiger partial charge in [-0.2, -0.15) is 0 Å². The maximum Gasteiger partial charge on any atom is 0.324 e. The summed E-state index contributed by atoms with van der Waals surface area (Å²) in [6, 6.07) is 11.4. The molecule has 1 aromatic heterocycles. The van der Waals surface area contributed by atoms with Crippen molar-refractivity contribution in [3.8, 4) is 5.75 Å². The summed E-state index contributed by atoms with van der Waals surface area (Å²) in [5.41, 5.74) is 1.15. The second kappa shape index (κ2) is 6.49. The molecule has 0 aliphatic rings. The van der Waals surface area contributed by atoms with Gasteiger partial charge < -0.3 is 10.1 Å². The van der Waals surface area contributed by atoms with Crippen LogP contribution in [0.3, 0.4) is 0 Å². The minimum Gasteiger partial charge on any atom is -0.497 e. The fourth-order valence-electron chi connectivity index (χ4n) is 1.82. The van der Waals surface area contributed by atoms with E-state index in [1.807, 2.05) is 24.3 Å². The minimum atomic E-state index is -0.360. The molecule has 1 atom stereocenters. The van der Waals surface area contributed by atoms with E-state index in [1.165, 1.54) is 11.3 Å². The monoisotopic (exact) mass is 292 g/mol. The molecular formula is C14H16N2O3S. The maximum absolute atomic E-state index is 10.6. The van der Waals surface area contributed by atoms with E-state index in [0.29, 0.717) is 6.54 Å². The smallest absolute Gasteiger partial charge is 0.324 e. The van der Waals surface area contributed by atoms with Gasteiger partial charge in [-0.25, -0.2) is 0 Å². The van der Waals surface area contributed by atoms with Crippen LogP contribution < -0.4 is 10.1 Å². The second-order valence-corrected chi connectivity index (χ2v) is 5.52. The zero-order valence-electron chi connectivity index (χ0n) is 11.3. The van der Waals surface area contributed by atoms with E-state index in [0.717, 1.165) is 16.2 Å². The lowest BCUT2D eigenvalue weighted by atomic mass is 10.1. The van der Waals surface area contributed by atoms with Gasteiger partial charge in [0.2, 0.25) is 0 Å². The summed E-state index contributed by atoms with van der Waals surface area (Å²) >= 11 is 1.20. The zero-order valence-corrected chi connectivity index (χ0v) is 12.1. The molecule has 0 amide bonds. The van der Waals surface area contributed by atoms with Crippen molar-refractivity contribution in [2.75, 3.05) is 7.11 Å². The lowest BCUT2D eigenvalue weighted by Gasteiger charge is -2.13. The van der Waals surface area contributed by atoms with Crippen LogP contribution in [0.5, 0.6) is 5.75 Å². The first-order valence-corrected chi connectivity index (χ1v) is 7.02. The first-order valence-electron chi connectivity index (χ1n) is 6.20. The Morgan fingerprint density at radius 1 is 1.30 bits per heavy atom. The number of hydrogen-bond donors (Lipinski definition) is 1. The molecule has 0 saturated carbocycles. The number of ether oxygens (including phenoxy) is 1. The molecular weight excluding hydrogens is 276 g/mol. The van der Waals surface area contributed by atoms with Crippen LogP contribution in [0, 0.1) is 10.1 Å². The average Bonchev–Trinajstić information content (AvgIpc) is 2.94. The molecule has 5 nitrogen and oxygen atoms in total. The van der Waals surface area contributed by atoms with Gasteiger partial charge in [-0.1, -0.05) is 23.5 Å². The normalized spacial score (nSPS) is 12.1. The summed E-state index contributed by atoms with van der Waals surface area (Å²) in [7, 11) is 1.64. The molecule has 0 unspecified atom stereocenters. The van der Waals surface area contributed by atoms with Crippen LogP contribution >= 0.6 is 11.3 Å². The highest BCUT2D eigenvalue weighted by molar-refractivity contribution is 7.15. The molecule has 0 radical (unpaired) electrons. The predicted octanol–water partition coefficient (Wildman–Crippen LogP) is 3.52. The van der Waals surface area contributed by atoms with Crippen LogP contribution in [-0.2, 0) is 6.54 Å². The third kappa shape index (κ3) is 3.55. The molecule has 0 saturated heterocycles. The lowest BCUT2D eigenvalue weighted by molar-refractivity contribution is -0.380. The first kappa shape index (κ1) is 14.5. The fourth-order valence-corrected chi connectivity index (χ4v) is 2.59. The quantitative estimate of drug-likeness (QED) is 0.653. The Bertz CT molecular complexity index is 580. The molecule has 6 heteroatoms. The molecule has 2 aromatic rings. The number of thiophene rings is 1. The van der Waals surface area contributed by atoms with E-state index >= 15 is 0 Å². The van der Waals surface area contributed by atoms with Crippen molar-refractivity contribution in [3.05, 3.63) is 57.0 Å². The summed E-state index contributed by atoms with van der Waals surface area (Å²) in [6.45, 7) is 2.68. The van der Waals surface area contributed by atoms with E-state index in [2.05, 4.69) is 12.2 Å². The lowest BCUT2D eigenvalue weighted by Crippen LogP contribution is -2.17. The van der Waals surface area contributed by atoms with Crippen LogP contribution in [0.4, 0.5) is 5.00 Å². The number of nitro groups is 1. The number of rotatable bonds is 6. The summed E-state index contributed by atoms with van der Waals surface area (Å²) in [5.74, 6) is 0.829. The Labute approximate surface area is 121 Å². The van der Waals surface area contributed by atoms with Gasteiger partial charge in [0, 0.05) is 23.5 Å². The van der Waals surface area contributed by atoms with Crippen LogP contribution in [0.15, 0.2) is 36.4 Å². The zero-order chi connectivity index (χ0) is 14.5. The standard InChI is InChI=1S/C14H16N2O3S/c1-10(11-3-5-12(19-2)6-4-11)15-9-13-7-8-14(20-13)16(17)18/h3-8,10,15H,9H2,1-2H3/t10-/m0/s1. The van der Waals surface area contributed by atoms with Crippen molar-refractivity contribution < 1.29 is 9.66 Å². The Kier molecular flexibility index (Phi) is 4.70. The molecule has 1 aromatic carbocycles. The summed E-state index contributed by atoms with van der Waals surface area (Å²) in [5, 5.41) is 14.1. The molecule has 0 aliphatic heterocycles. The summed E-state index contributed by atoms with van der Waals surface area (Å²) in [6.07, 6.45) is 0. The first-order chi connectivity index (χ1) is 9.60. The van der Waals surface area contributed by atoms with Crippen LogP contribution in [0.25, 0.3) is 0 Å². The van der Waals surface area contributed by atoms with Gasteiger partial charge in [0.25, 0.3) is 0 Å². The van der Waals surface area contributed by atoms with E-state index in [1.54, 1.807) is 19.2 Å². The van der Waals surface area contributed by atoms with E-state index in [-0.39, 0.29) is 16.0 Å². The van der Waals surface area contributed by atoms with Crippen molar-refractivity contribution >= 4 is 16.3 Å². The molecule has 20 heavy (non-hydrogen) atoms. The van der Waals surface area contributed by atoms with Crippen molar-refractivity contribution in [1.82, 2.24) is 5.32 Å². The molecule has 1 N–H and O–H groups in total. The number of nitrogens with one attached hydrogen (secondary N) is 1. The average molecular weight is 292 g/mol. The molecule has 106 valence electrons. The van der Waals surface area contributed by atoms with Crippen molar-refractivity contribution in [2.45, 2.75) is 19.5 Å². The van der Waals surface area contributed by atoms with Gasteiger partial charge in [-0.15, -0.1) is 0 Å². The van der Waals surface area contributed by atoms with Gasteiger partial charge >= 0.3 is 5.00 Å². The topological polar surface area (TPSA) is 64.4 Å². The summed E-state index contributed by atoms with van der Waals surface area (Å²) in [4.78, 5) is 11.2. The van der Waals surface area contributed by atoms with Crippen LogP contribution in [-0.4, -0.2) is 12.0 Å². The van der Waals surface area contributed by atoms with E-state index in [9.17, 15) is 10.1 Å². The summed E-state index contributed by atoms with van der Waals surface area (Å²) < 4.78 is 5.12. The maximum atomic E-state index is 10.6. The van der Waals surface area contributed by atoms with Crippen LogP contribution in [0.1, 0.15) is 23.4 Å². The van der Waals surface area contributed by atoms with Gasteiger partial charge in [-0.3, -0.25) is 10.1 Å². The molecule has 2 rings (SSSR count). The number of methoxy groups -OCH3 is 1. The molecule has 0 bridgehead atoms. The number of nitrogens with zero attached hydrogens (tertiary/aromatic N) is 1. The fraction of sp³-hybridized carbons (Fsp3) is 0.286. The van der Waals surface area contributed by atoms with E-state index < -0.39 is 0 Å². The highest BCUT2D eigenvalue weighted by Gasteiger charge is 2.11. The highest BCUT2D eigenvalue weighted by atomic mass is 32.1. The van der Waals surface area contributed by atoms with Gasteiger partial charge in [-0.05, 0) is 30.7 Å². The van der Waals surface area contributed by atoms with Gasteiger partial charge in [0.05, 0.1) is 12.0 Å². The van der Waals surface area contributed by atoms with E-state index in [4.69, 9.17) is 4.74 Å². The molecule has 0 spiro atoms. The van der Waals surface area contributed by atoms with Gasteiger partial charge in [0.1, 0.15) is 5.75 Å². The van der Waals surface area contributed by atoms with Crippen molar-refractivity contribution in [1.29, 1.82) is 0 Å². The number of hydrogen-bond acceptors (Lipinski definition) is 5. The highest BCUT2D eigenvalue weighted by Crippen LogP contribution is 2.24. The molecule has 1 heterocycles. The Hall–Kier alpha value is -1.92. The van der Waals surface area contributed by atoms with Gasteiger partial charge in [0.15, 0.2) is 0 Å². The third-order valence-electron chi connectivity index (χ3n) is 3.03. The second-order valence-electron chi connectivity index (χ2n) is 4.37. The minimum absolute atomic E-state index is 0.169. The Balaban J connectivity index is 1.93. The van der Waals surface area contributed by atoms with Crippen molar-refractivity contribution in [3.63, 3.8) is 0 Å². The number of benzene rings is 1. The Morgan fingerprint density at radius 2 is 2.00 bits per heavy atom. The molecule has 0 aliphatic carbocycles. The van der Waals surface area contributed by atoms with Crippen molar-refractivity contribution in [2.24, 2.45) is 0 Å². The predicted molar refractivity (Wildman–Crippen MR) is 79.2 cm³/mol. The Morgan fingerprint density at radius 3 is 2.55 bits per heavy atom. The SMILES string of the molecule is COc1ccc([C@H](C)NCc2ccc([N+](=O)[O-])s2)cc1. The van der Waals surface area contributed by atoms with Crippen LogP contribution in [0.2, 0.25) is 0 Å². The largest absolute Gasteiger partial charge is 0.497 e. The third-order valence-corrected chi connectivity index (χ3v) is 4.06.